The number of carbonyl (C=O) groups is 4. The van der Waals surface area contributed by atoms with E-state index >= 15 is 0 Å². The summed E-state index contributed by atoms with van der Waals surface area (Å²) in [6, 6.07) is -0.264. The fraction of sp³-hybridized carbons (Fsp3) is 0.562. The lowest BCUT2D eigenvalue weighted by Crippen LogP contribution is -2.65. The van der Waals surface area contributed by atoms with Gasteiger partial charge in [-0.1, -0.05) is 13.8 Å². The number of aromatic hydroxyl groups is 1. The third-order valence-corrected chi connectivity index (χ3v) is 8.94. The summed E-state index contributed by atoms with van der Waals surface area (Å²) in [5.74, 6) is -7.71. The summed E-state index contributed by atoms with van der Waals surface area (Å²) in [6.45, 7) is 9.25. The second-order valence-corrected chi connectivity index (χ2v) is 14.1. The van der Waals surface area contributed by atoms with Crippen LogP contribution in [0.4, 0.5) is 11.4 Å². The minimum atomic E-state index is -2.73. The summed E-state index contributed by atoms with van der Waals surface area (Å²) in [4.78, 5) is 56.2. The lowest BCUT2D eigenvalue weighted by molar-refractivity contribution is -0.153. The summed E-state index contributed by atoms with van der Waals surface area (Å²) in [5.41, 5.74) is 2.26. The van der Waals surface area contributed by atoms with Crippen molar-refractivity contribution >= 4 is 40.5 Å². The Morgan fingerprint density at radius 1 is 1.09 bits per heavy atom. The van der Waals surface area contributed by atoms with Gasteiger partial charge < -0.3 is 41.7 Å². The predicted octanol–water partition coefficient (Wildman–Crippen LogP) is 1.38. The number of aliphatic hydroxyl groups excluding tert-OH is 2. The third kappa shape index (κ3) is 5.41. The molecule has 0 saturated heterocycles. The average Bonchev–Trinajstić information content (AvgIpc) is 2.88. The minimum Gasteiger partial charge on any atom is -0.508 e. The molecule has 0 aromatic heterocycles. The van der Waals surface area contributed by atoms with Crippen molar-refractivity contribution < 1.29 is 39.6 Å². The molecule has 5 atom stereocenters. The minimum absolute atomic E-state index is 0.0121. The normalized spacial score (nSPS) is 25.6. The van der Waals surface area contributed by atoms with Crippen molar-refractivity contribution in [2.45, 2.75) is 70.7 Å². The molecule has 1 aromatic rings. The SMILES string of the molecule is CC(C)C(Nc1cc(N(C)C)c2c(c1O)C(O)=C1C(=O)[C@]3(O)C(O)=C(C(N)=O)C(=O)[C@@H](N(C)C)[C@@H]3C[C@@H]1C2)C(=O)NC(C)(C)C. The standard InChI is InChI=1S/C32H45N5O8/c1-13(2)22(30(44)35-31(3,4)5)34-17-12-18(36(6)7)15-10-14-11-16-23(37(8)9)26(40)21(29(33)43)28(42)32(16,45)27(41)19(14)25(39)20(15)24(17)38/h12-14,16,22-23,34,38-39,42,45H,10-11H2,1-9H3,(H2,33,43)(H,35,44)/t14-,16-,22?,23-,32-/m0/s1. The number of benzene rings is 1. The van der Waals surface area contributed by atoms with Gasteiger partial charge in [-0.25, -0.2) is 0 Å². The van der Waals surface area contributed by atoms with Crippen LogP contribution in [0.25, 0.3) is 5.76 Å². The first-order chi connectivity index (χ1) is 20.6. The molecule has 2 amide bonds. The number of ketones is 2. The molecule has 0 aliphatic heterocycles. The number of carbonyl (C=O) groups excluding carboxylic acids is 4. The van der Waals surface area contributed by atoms with Gasteiger partial charge in [0.15, 0.2) is 11.4 Å². The van der Waals surface area contributed by atoms with Crippen LogP contribution in [0.2, 0.25) is 0 Å². The Morgan fingerprint density at radius 3 is 2.18 bits per heavy atom. The number of hydrogen-bond acceptors (Lipinski definition) is 11. The van der Waals surface area contributed by atoms with Crippen molar-refractivity contribution in [1.82, 2.24) is 10.2 Å². The van der Waals surface area contributed by atoms with E-state index in [0.29, 0.717) is 11.3 Å². The maximum atomic E-state index is 14.2. The second-order valence-electron chi connectivity index (χ2n) is 14.1. The van der Waals surface area contributed by atoms with E-state index in [2.05, 4.69) is 10.6 Å². The average molecular weight is 628 g/mol. The van der Waals surface area contributed by atoms with E-state index in [4.69, 9.17) is 5.73 Å². The number of hydrogen-bond donors (Lipinski definition) is 7. The zero-order chi connectivity index (χ0) is 34.1. The highest BCUT2D eigenvalue weighted by Gasteiger charge is 2.64. The molecule has 1 saturated carbocycles. The molecule has 3 aliphatic carbocycles. The van der Waals surface area contributed by atoms with Crippen LogP contribution in [-0.4, -0.2) is 100 Å². The zero-order valence-electron chi connectivity index (χ0n) is 27.3. The first-order valence-corrected chi connectivity index (χ1v) is 14.9. The van der Waals surface area contributed by atoms with Gasteiger partial charge in [-0.3, -0.25) is 24.1 Å². The number of phenolic OH excluding ortho intramolecular Hbond substituents is 1. The van der Waals surface area contributed by atoms with Gasteiger partial charge >= 0.3 is 0 Å². The number of primary amides is 1. The molecule has 3 aliphatic rings. The number of nitrogens with zero attached hydrogens (tertiary/aromatic N) is 2. The van der Waals surface area contributed by atoms with Gasteiger partial charge in [-0.2, -0.15) is 0 Å². The number of fused-ring (bicyclic) bond motifs is 3. The number of likely N-dealkylation sites (N-methyl/N-ethyl adjacent to an activating group) is 1. The molecule has 1 fully saturated rings. The van der Waals surface area contributed by atoms with E-state index in [0.717, 1.165) is 0 Å². The van der Waals surface area contributed by atoms with Gasteiger partial charge in [-0.15, -0.1) is 0 Å². The molecule has 1 unspecified atom stereocenters. The highest BCUT2D eigenvalue weighted by molar-refractivity contribution is 6.24. The van der Waals surface area contributed by atoms with Crippen LogP contribution in [0.3, 0.4) is 0 Å². The number of nitrogens with two attached hydrogens (primary N) is 1. The summed E-state index contributed by atoms with van der Waals surface area (Å²) in [6.07, 6.45) is 0.135. The number of aliphatic hydroxyl groups is 3. The van der Waals surface area contributed by atoms with Crippen molar-refractivity contribution in [2.75, 3.05) is 38.4 Å². The van der Waals surface area contributed by atoms with Crippen LogP contribution in [0.5, 0.6) is 5.75 Å². The summed E-state index contributed by atoms with van der Waals surface area (Å²) < 4.78 is 0. The van der Waals surface area contributed by atoms with Gasteiger partial charge in [-0.05, 0) is 71.2 Å². The second kappa shape index (κ2) is 11.4. The molecule has 0 bridgehead atoms. The molecular formula is C32H45N5O8. The van der Waals surface area contributed by atoms with Crippen LogP contribution >= 0.6 is 0 Å². The highest BCUT2D eigenvalue weighted by atomic mass is 16.3. The molecule has 0 heterocycles. The Balaban J connectivity index is 1.92. The van der Waals surface area contributed by atoms with E-state index in [1.54, 1.807) is 39.2 Å². The van der Waals surface area contributed by atoms with Gasteiger partial charge in [0.2, 0.25) is 11.7 Å². The van der Waals surface area contributed by atoms with E-state index < -0.39 is 75.4 Å². The van der Waals surface area contributed by atoms with E-state index in [9.17, 15) is 39.6 Å². The van der Waals surface area contributed by atoms with Gasteiger partial charge in [0, 0.05) is 36.8 Å². The molecule has 13 nitrogen and oxygen atoms in total. The molecule has 8 N–H and O–H groups in total. The van der Waals surface area contributed by atoms with Gasteiger partial charge in [0.25, 0.3) is 5.91 Å². The van der Waals surface area contributed by atoms with Crippen molar-refractivity contribution in [3.63, 3.8) is 0 Å². The number of Topliss-reactive ketones (excluding diaryl/α,β-unsaturated/α-hetero) is 2. The summed E-state index contributed by atoms with van der Waals surface area (Å²) >= 11 is 0. The quantitative estimate of drug-likeness (QED) is 0.170. The van der Waals surface area contributed by atoms with Crippen molar-refractivity contribution in [3.05, 3.63) is 34.1 Å². The fourth-order valence-electron chi connectivity index (χ4n) is 6.95. The molecule has 246 valence electrons. The Bertz CT molecular complexity index is 1540. The molecular weight excluding hydrogens is 582 g/mol. The first kappa shape index (κ1) is 33.8. The van der Waals surface area contributed by atoms with Crippen molar-refractivity contribution in [2.24, 2.45) is 23.5 Å². The monoisotopic (exact) mass is 627 g/mol. The Labute approximate surface area is 262 Å². The predicted molar refractivity (Wildman–Crippen MR) is 169 cm³/mol. The van der Waals surface area contributed by atoms with E-state index in [1.165, 1.54) is 4.90 Å². The van der Waals surface area contributed by atoms with Crippen molar-refractivity contribution in [3.8, 4) is 5.75 Å². The Hall–Kier alpha value is -4.10. The largest absolute Gasteiger partial charge is 0.508 e. The summed E-state index contributed by atoms with van der Waals surface area (Å²) in [7, 11) is 6.66. The molecule has 1 aromatic carbocycles. The molecule has 45 heavy (non-hydrogen) atoms. The maximum absolute atomic E-state index is 14.2. The third-order valence-electron chi connectivity index (χ3n) is 8.94. The number of rotatable bonds is 7. The number of phenols is 1. The Kier molecular flexibility index (Phi) is 8.53. The summed E-state index contributed by atoms with van der Waals surface area (Å²) in [5, 5.41) is 52.3. The van der Waals surface area contributed by atoms with Crippen LogP contribution in [0.1, 0.15) is 52.2 Å². The van der Waals surface area contributed by atoms with Crippen LogP contribution in [-0.2, 0) is 25.6 Å². The molecule has 13 heteroatoms. The lowest BCUT2D eigenvalue weighted by atomic mass is 9.57. The van der Waals surface area contributed by atoms with Crippen molar-refractivity contribution in [1.29, 1.82) is 0 Å². The molecule has 0 spiro atoms. The van der Waals surface area contributed by atoms with Gasteiger partial charge in [0.1, 0.15) is 28.9 Å². The van der Waals surface area contributed by atoms with Crippen LogP contribution in [0.15, 0.2) is 23.0 Å². The molecule has 0 radical (unpaired) electrons. The van der Waals surface area contributed by atoms with Crippen LogP contribution in [0, 0.1) is 17.8 Å². The zero-order valence-corrected chi connectivity index (χ0v) is 27.3. The fourth-order valence-corrected chi connectivity index (χ4v) is 6.95. The topological polar surface area (TPSA) is 206 Å². The number of amides is 2. The lowest BCUT2D eigenvalue weighted by Gasteiger charge is -2.50. The van der Waals surface area contributed by atoms with E-state index in [-0.39, 0.29) is 41.5 Å². The van der Waals surface area contributed by atoms with E-state index in [1.807, 2.05) is 34.6 Å². The maximum Gasteiger partial charge on any atom is 0.255 e. The van der Waals surface area contributed by atoms with Crippen LogP contribution < -0.4 is 21.3 Å². The Morgan fingerprint density at radius 2 is 1.69 bits per heavy atom. The highest BCUT2D eigenvalue weighted by Crippen LogP contribution is 2.54. The molecule has 4 rings (SSSR count). The number of anilines is 2. The van der Waals surface area contributed by atoms with Gasteiger partial charge in [0.05, 0.1) is 17.3 Å². The smallest absolute Gasteiger partial charge is 0.255 e. The first-order valence-electron chi connectivity index (χ1n) is 14.9. The number of nitrogens with one attached hydrogen (secondary N) is 2.